The van der Waals surface area contributed by atoms with Gasteiger partial charge >= 0.3 is 0 Å². The van der Waals surface area contributed by atoms with Gasteiger partial charge in [0.2, 0.25) is 5.91 Å². The normalized spacial score (nSPS) is 15.3. The quantitative estimate of drug-likeness (QED) is 0.733. The number of benzene rings is 1. The summed E-state index contributed by atoms with van der Waals surface area (Å²) >= 11 is 0. The van der Waals surface area contributed by atoms with Gasteiger partial charge in [-0.1, -0.05) is 30.3 Å². The van der Waals surface area contributed by atoms with Crippen LogP contribution in [0.2, 0.25) is 0 Å². The molecular weight excluding hydrogens is 333 g/mol. The van der Waals surface area contributed by atoms with Gasteiger partial charge in [-0.25, -0.2) is 0 Å². The van der Waals surface area contributed by atoms with Crippen molar-refractivity contribution < 1.29 is 4.79 Å². The topological polar surface area (TPSA) is 44.4 Å². The van der Waals surface area contributed by atoms with Crippen molar-refractivity contribution in [3.8, 4) is 0 Å². The maximum Gasteiger partial charge on any atom is 0.220 e. The molecule has 4 nitrogen and oxygen atoms in total. The lowest BCUT2D eigenvalue weighted by molar-refractivity contribution is -0.122. The van der Waals surface area contributed by atoms with Gasteiger partial charge in [0.15, 0.2) is 0 Å². The fourth-order valence-corrected chi connectivity index (χ4v) is 2.80. The van der Waals surface area contributed by atoms with Gasteiger partial charge in [0.25, 0.3) is 0 Å². The monoisotopic (exact) mass is 361 g/mol. The van der Waals surface area contributed by atoms with Gasteiger partial charge in [-0.15, -0.1) is 24.8 Å². The van der Waals surface area contributed by atoms with Crippen LogP contribution >= 0.6 is 24.8 Å². The van der Waals surface area contributed by atoms with E-state index in [2.05, 4.69) is 45.9 Å². The van der Waals surface area contributed by atoms with Crippen LogP contribution in [0, 0.1) is 0 Å². The van der Waals surface area contributed by atoms with Crippen molar-refractivity contribution >= 4 is 30.7 Å². The Morgan fingerprint density at radius 2 is 1.83 bits per heavy atom. The number of nitrogens with zero attached hydrogens (tertiary/aromatic N) is 1. The Hall–Kier alpha value is -0.810. The Balaban J connectivity index is 0.00000242. The largest absolute Gasteiger partial charge is 0.353 e. The van der Waals surface area contributed by atoms with E-state index >= 15 is 0 Å². The van der Waals surface area contributed by atoms with Crippen LogP contribution in [-0.2, 0) is 11.3 Å². The maximum atomic E-state index is 11.8. The maximum absolute atomic E-state index is 11.8. The van der Waals surface area contributed by atoms with E-state index in [1.807, 2.05) is 7.05 Å². The van der Waals surface area contributed by atoms with E-state index in [1.165, 1.54) is 5.56 Å². The van der Waals surface area contributed by atoms with Gasteiger partial charge in [-0.3, -0.25) is 9.69 Å². The number of hydrogen-bond donors (Lipinski definition) is 2. The third-order valence-electron chi connectivity index (χ3n) is 4.03. The summed E-state index contributed by atoms with van der Waals surface area (Å²) in [7, 11) is 1.92. The highest BCUT2D eigenvalue weighted by Gasteiger charge is 2.20. The first-order valence-electron chi connectivity index (χ1n) is 7.98. The number of nitrogens with one attached hydrogen (secondary N) is 2. The number of piperidine rings is 1. The standard InChI is InChI=1S/C17H27N3O.2ClH/c1-18-11-5-8-17(21)19-16-9-12-20(13-10-16)14-15-6-3-2-4-7-15;;/h2-4,6-7,16,18H,5,8-14H2,1H3,(H,19,21);2*1H. The molecule has 2 N–H and O–H groups in total. The molecule has 23 heavy (non-hydrogen) atoms. The predicted octanol–water partition coefficient (Wildman–Crippen LogP) is 2.61. The van der Waals surface area contributed by atoms with Crippen molar-refractivity contribution in [2.75, 3.05) is 26.7 Å². The van der Waals surface area contributed by atoms with Crippen LogP contribution in [0.5, 0.6) is 0 Å². The molecule has 0 saturated carbocycles. The smallest absolute Gasteiger partial charge is 0.220 e. The molecule has 2 rings (SSSR count). The highest BCUT2D eigenvalue weighted by atomic mass is 35.5. The van der Waals surface area contributed by atoms with Gasteiger partial charge in [0.05, 0.1) is 0 Å². The summed E-state index contributed by atoms with van der Waals surface area (Å²) in [5.74, 6) is 0.201. The van der Waals surface area contributed by atoms with Gasteiger partial charge in [0.1, 0.15) is 0 Å². The van der Waals surface area contributed by atoms with Crippen molar-refractivity contribution in [2.45, 2.75) is 38.3 Å². The molecule has 1 aliphatic heterocycles. The molecule has 1 heterocycles. The minimum Gasteiger partial charge on any atom is -0.353 e. The summed E-state index contributed by atoms with van der Waals surface area (Å²) in [6.45, 7) is 4.05. The molecule has 1 fully saturated rings. The van der Waals surface area contributed by atoms with E-state index in [0.29, 0.717) is 12.5 Å². The average Bonchev–Trinajstić information content (AvgIpc) is 2.51. The highest BCUT2D eigenvalue weighted by molar-refractivity contribution is 5.85. The predicted molar refractivity (Wildman–Crippen MR) is 101 cm³/mol. The van der Waals surface area contributed by atoms with E-state index in [0.717, 1.165) is 45.4 Å². The minimum atomic E-state index is 0. The van der Waals surface area contributed by atoms with E-state index in [-0.39, 0.29) is 30.7 Å². The number of rotatable bonds is 7. The number of halogens is 2. The third kappa shape index (κ3) is 8.56. The molecule has 0 spiro atoms. The van der Waals surface area contributed by atoms with Crippen molar-refractivity contribution in [1.82, 2.24) is 15.5 Å². The number of hydrogen-bond acceptors (Lipinski definition) is 3. The second-order valence-electron chi connectivity index (χ2n) is 5.81. The molecule has 6 heteroatoms. The second kappa shape index (κ2) is 12.6. The van der Waals surface area contributed by atoms with Gasteiger partial charge in [0, 0.05) is 32.1 Å². The minimum absolute atomic E-state index is 0. The van der Waals surface area contributed by atoms with E-state index in [9.17, 15) is 4.79 Å². The molecule has 1 saturated heterocycles. The zero-order chi connectivity index (χ0) is 14.9. The Morgan fingerprint density at radius 3 is 2.43 bits per heavy atom. The molecule has 1 aromatic carbocycles. The van der Waals surface area contributed by atoms with Crippen LogP contribution in [0.4, 0.5) is 0 Å². The summed E-state index contributed by atoms with van der Waals surface area (Å²) in [6.07, 6.45) is 3.66. The van der Waals surface area contributed by atoms with Crippen molar-refractivity contribution in [1.29, 1.82) is 0 Å². The van der Waals surface area contributed by atoms with E-state index in [1.54, 1.807) is 0 Å². The average molecular weight is 362 g/mol. The van der Waals surface area contributed by atoms with Crippen LogP contribution in [-0.4, -0.2) is 43.5 Å². The lowest BCUT2D eigenvalue weighted by Gasteiger charge is -2.32. The molecule has 0 radical (unpaired) electrons. The van der Waals surface area contributed by atoms with Crippen LogP contribution < -0.4 is 10.6 Å². The van der Waals surface area contributed by atoms with Crippen LogP contribution in [0.1, 0.15) is 31.2 Å². The molecule has 0 aliphatic carbocycles. The summed E-state index contributed by atoms with van der Waals surface area (Å²) in [4.78, 5) is 14.3. The molecule has 0 aromatic heterocycles. The summed E-state index contributed by atoms with van der Waals surface area (Å²) < 4.78 is 0. The Morgan fingerprint density at radius 1 is 1.17 bits per heavy atom. The number of amides is 1. The zero-order valence-corrected chi connectivity index (χ0v) is 15.4. The van der Waals surface area contributed by atoms with Crippen LogP contribution in [0.15, 0.2) is 30.3 Å². The van der Waals surface area contributed by atoms with Gasteiger partial charge in [-0.2, -0.15) is 0 Å². The summed E-state index contributed by atoms with van der Waals surface area (Å²) in [6, 6.07) is 10.9. The molecule has 1 amide bonds. The Bertz CT molecular complexity index is 423. The number of carbonyl (C=O) groups excluding carboxylic acids is 1. The highest BCUT2D eigenvalue weighted by Crippen LogP contribution is 2.14. The Labute approximate surface area is 152 Å². The van der Waals surface area contributed by atoms with Crippen molar-refractivity contribution in [2.24, 2.45) is 0 Å². The van der Waals surface area contributed by atoms with Gasteiger partial charge < -0.3 is 10.6 Å². The summed E-state index contributed by atoms with van der Waals surface area (Å²) in [5, 5.41) is 6.24. The number of likely N-dealkylation sites (tertiary alicyclic amines) is 1. The summed E-state index contributed by atoms with van der Waals surface area (Å²) in [5.41, 5.74) is 1.37. The molecule has 132 valence electrons. The molecular formula is C17H29Cl2N3O. The Kier molecular flexibility index (Phi) is 12.1. The molecule has 0 bridgehead atoms. The fourth-order valence-electron chi connectivity index (χ4n) is 2.80. The van der Waals surface area contributed by atoms with E-state index < -0.39 is 0 Å². The molecule has 1 aliphatic rings. The second-order valence-corrected chi connectivity index (χ2v) is 5.81. The van der Waals surface area contributed by atoms with Crippen molar-refractivity contribution in [3.05, 3.63) is 35.9 Å². The molecule has 0 unspecified atom stereocenters. The third-order valence-corrected chi connectivity index (χ3v) is 4.03. The van der Waals surface area contributed by atoms with Gasteiger partial charge in [-0.05, 0) is 38.4 Å². The first-order valence-corrected chi connectivity index (χ1v) is 7.98. The first-order chi connectivity index (χ1) is 10.3. The number of carbonyl (C=O) groups is 1. The lowest BCUT2D eigenvalue weighted by Crippen LogP contribution is -2.44. The molecule has 0 atom stereocenters. The molecule has 1 aromatic rings. The fraction of sp³-hybridized carbons (Fsp3) is 0.588. The van der Waals surface area contributed by atoms with Crippen LogP contribution in [0.25, 0.3) is 0 Å². The van der Waals surface area contributed by atoms with Crippen LogP contribution in [0.3, 0.4) is 0 Å². The zero-order valence-electron chi connectivity index (χ0n) is 13.8. The first kappa shape index (κ1) is 22.2. The lowest BCUT2D eigenvalue weighted by atomic mass is 10.0. The SMILES string of the molecule is CNCCCC(=O)NC1CCN(Cc2ccccc2)CC1.Cl.Cl. The van der Waals surface area contributed by atoms with Crippen molar-refractivity contribution in [3.63, 3.8) is 0 Å². The van der Waals surface area contributed by atoms with E-state index in [4.69, 9.17) is 0 Å².